The molecule has 27 heavy (non-hydrogen) atoms. The monoisotopic (exact) mass is 433 g/mol. The van der Waals surface area contributed by atoms with Crippen LogP contribution in [0.15, 0.2) is 46.9 Å². The molecule has 0 unspecified atom stereocenters. The van der Waals surface area contributed by atoms with Crippen LogP contribution in [0.4, 0.5) is 20.6 Å². The van der Waals surface area contributed by atoms with Crippen LogP contribution in [0.3, 0.4) is 0 Å². The number of hydrogen-bond donors (Lipinski definition) is 2. The summed E-state index contributed by atoms with van der Waals surface area (Å²) in [5, 5.41) is 12.8. The van der Waals surface area contributed by atoms with Gasteiger partial charge in [-0.15, -0.1) is 0 Å². The molecule has 5 nitrogen and oxygen atoms in total. The molecule has 7 heteroatoms. The molecule has 2 N–H and O–H groups in total. The largest absolute Gasteiger partial charge is 0.394 e. The molecule has 0 aromatic heterocycles. The Morgan fingerprint density at radius 3 is 2.74 bits per heavy atom. The summed E-state index contributed by atoms with van der Waals surface area (Å²) < 4.78 is 14.1. The van der Waals surface area contributed by atoms with Crippen molar-refractivity contribution in [3.63, 3.8) is 0 Å². The molecule has 3 atom stereocenters. The number of aliphatic hydroxyl groups excluding tert-OH is 1. The zero-order valence-electron chi connectivity index (χ0n) is 14.9. The average Bonchev–Trinajstić information content (AvgIpc) is 3.09. The van der Waals surface area contributed by atoms with E-state index < -0.39 is 0 Å². The maximum atomic E-state index is 13.1. The molecule has 0 spiro atoms. The number of aliphatic hydroxyl groups is 1. The zero-order chi connectivity index (χ0) is 19.1. The molecule has 2 amide bonds. The van der Waals surface area contributed by atoms with Gasteiger partial charge in [-0.2, -0.15) is 0 Å². The van der Waals surface area contributed by atoms with E-state index in [2.05, 4.69) is 32.2 Å². The molecule has 0 radical (unpaired) electrons. The zero-order valence-corrected chi connectivity index (χ0v) is 16.5. The van der Waals surface area contributed by atoms with E-state index in [9.17, 15) is 14.3 Å². The number of carbonyl (C=O) groups is 1. The summed E-state index contributed by atoms with van der Waals surface area (Å²) in [5.41, 5.74) is 2.67. The minimum atomic E-state index is -0.339. The smallest absolute Gasteiger partial charge is 0.322 e. The fourth-order valence-corrected chi connectivity index (χ4v) is 4.76. The van der Waals surface area contributed by atoms with Gasteiger partial charge in [0.05, 0.1) is 18.7 Å². The normalized spacial score (nSPS) is 23.8. The number of hydrogen-bond acceptors (Lipinski definition) is 3. The van der Waals surface area contributed by atoms with E-state index in [4.69, 9.17) is 0 Å². The topological polar surface area (TPSA) is 55.8 Å². The Bertz CT molecular complexity index is 861. The van der Waals surface area contributed by atoms with Crippen molar-refractivity contribution in [3.8, 4) is 0 Å². The van der Waals surface area contributed by atoms with Crippen molar-refractivity contribution < 1.29 is 14.3 Å². The highest BCUT2D eigenvalue weighted by molar-refractivity contribution is 9.10. The highest BCUT2D eigenvalue weighted by atomic mass is 79.9. The van der Waals surface area contributed by atoms with Crippen LogP contribution >= 0.6 is 15.9 Å². The van der Waals surface area contributed by atoms with Crippen molar-refractivity contribution in [3.05, 3.63) is 58.3 Å². The Hall–Kier alpha value is -2.12. The second-order valence-electron chi connectivity index (χ2n) is 7.09. The SMILES string of the molecule is CN1c2ccc(Br)cc2[C@@H]2[C@@H](CCN2C(=O)Nc2ccc(F)cc2)[C@H]1CO. The summed E-state index contributed by atoms with van der Waals surface area (Å²) in [5.74, 6) is -0.185. The minimum absolute atomic E-state index is 0.0349. The number of urea groups is 1. The fourth-order valence-electron chi connectivity index (χ4n) is 4.38. The molecule has 2 aromatic carbocycles. The van der Waals surface area contributed by atoms with Gasteiger partial charge in [0.25, 0.3) is 0 Å². The Labute approximate surface area is 165 Å². The number of benzene rings is 2. The highest BCUT2D eigenvalue weighted by Crippen LogP contribution is 2.49. The molecule has 1 fully saturated rings. The molecule has 142 valence electrons. The molecule has 2 heterocycles. The van der Waals surface area contributed by atoms with Crippen LogP contribution in [0.1, 0.15) is 18.0 Å². The lowest BCUT2D eigenvalue weighted by Crippen LogP contribution is -2.48. The first-order valence-corrected chi connectivity index (χ1v) is 9.75. The summed E-state index contributed by atoms with van der Waals surface area (Å²) >= 11 is 3.53. The van der Waals surface area contributed by atoms with Crippen LogP contribution in [0.25, 0.3) is 0 Å². The number of likely N-dealkylation sites (tertiary alicyclic amines) is 1. The molecule has 0 bridgehead atoms. The van der Waals surface area contributed by atoms with Crippen molar-refractivity contribution in [1.82, 2.24) is 4.90 Å². The molecule has 0 saturated carbocycles. The summed E-state index contributed by atoms with van der Waals surface area (Å²) in [6, 6.07) is 11.5. The molecular formula is C20H21BrFN3O2. The fraction of sp³-hybridized carbons (Fsp3) is 0.350. The number of likely N-dealkylation sites (N-methyl/N-ethyl adjacent to an activating group) is 1. The first-order chi connectivity index (χ1) is 13.0. The summed E-state index contributed by atoms with van der Waals surface area (Å²) in [6.45, 7) is 0.652. The third-order valence-electron chi connectivity index (χ3n) is 5.67. The average molecular weight is 434 g/mol. The molecule has 2 aliphatic rings. The predicted molar refractivity (Wildman–Crippen MR) is 106 cm³/mol. The third kappa shape index (κ3) is 3.19. The van der Waals surface area contributed by atoms with E-state index in [1.54, 1.807) is 12.1 Å². The first kappa shape index (κ1) is 18.3. The van der Waals surface area contributed by atoms with Gasteiger partial charge in [0.1, 0.15) is 5.82 Å². The third-order valence-corrected chi connectivity index (χ3v) is 6.16. The van der Waals surface area contributed by atoms with Crippen LogP contribution in [0.5, 0.6) is 0 Å². The second kappa shape index (κ2) is 7.13. The number of rotatable bonds is 2. The number of carbonyl (C=O) groups excluding carboxylic acids is 1. The van der Waals surface area contributed by atoms with Crippen LogP contribution in [-0.4, -0.2) is 42.3 Å². The van der Waals surface area contributed by atoms with E-state index in [0.29, 0.717) is 12.2 Å². The Kier molecular flexibility index (Phi) is 4.82. The number of anilines is 2. The number of amides is 2. The van der Waals surface area contributed by atoms with Crippen molar-refractivity contribution in [2.75, 3.05) is 30.4 Å². The van der Waals surface area contributed by atoms with Crippen LogP contribution in [0, 0.1) is 11.7 Å². The van der Waals surface area contributed by atoms with Crippen LogP contribution in [0.2, 0.25) is 0 Å². The van der Waals surface area contributed by atoms with E-state index in [1.807, 2.05) is 24.1 Å². The van der Waals surface area contributed by atoms with E-state index >= 15 is 0 Å². The second-order valence-corrected chi connectivity index (χ2v) is 8.01. The minimum Gasteiger partial charge on any atom is -0.394 e. The first-order valence-electron chi connectivity index (χ1n) is 8.96. The Morgan fingerprint density at radius 2 is 2.04 bits per heavy atom. The van der Waals surface area contributed by atoms with Crippen LogP contribution < -0.4 is 10.2 Å². The molecule has 2 aromatic rings. The molecule has 0 aliphatic carbocycles. The molecular weight excluding hydrogens is 413 g/mol. The summed E-state index contributed by atoms with van der Waals surface area (Å²) in [7, 11) is 1.99. The Balaban J connectivity index is 1.67. The molecule has 4 rings (SSSR count). The van der Waals surface area contributed by atoms with Gasteiger partial charge < -0.3 is 20.2 Å². The van der Waals surface area contributed by atoms with Gasteiger partial charge in [-0.05, 0) is 54.4 Å². The van der Waals surface area contributed by atoms with Crippen molar-refractivity contribution in [2.24, 2.45) is 5.92 Å². The quantitative estimate of drug-likeness (QED) is 0.752. The van der Waals surface area contributed by atoms with E-state index in [-0.39, 0.29) is 36.5 Å². The number of nitrogens with zero attached hydrogens (tertiary/aromatic N) is 2. The van der Waals surface area contributed by atoms with Gasteiger partial charge in [-0.3, -0.25) is 0 Å². The van der Waals surface area contributed by atoms with Gasteiger partial charge in [-0.1, -0.05) is 15.9 Å². The van der Waals surface area contributed by atoms with Crippen molar-refractivity contribution >= 4 is 33.3 Å². The molecule has 2 aliphatic heterocycles. The van der Waals surface area contributed by atoms with Gasteiger partial charge in [-0.25, -0.2) is 9.18 Å². The number of halogens is 2. The van der Waals surface area contributed by atoms with Crippen molar-refractivity contribution in [2.45, 2.75) is 18.5 Å². The van der Waals surface area contributed by atoms with Gasteiger partial charge in [0.15, 0.2) is 0 Å². The summed E-state index contributed by atoms with van der Waals surface area (Å²) in [4.78, 5) is 16.9. The molecule has 1 saturated heterocycles. The van der Waals surface area contributed by atoms with Gasteiger partial charge in [0, 0.05) is 35.4 Å². The lowest BCUT2D eigenvalue weighted by Gasteiger charge is -2.44. The van der Waals surface area contributed by atoms with Gasteiger partial charge in [0.2, 0.25) is 0 Å². The van der Waals surface area contributed by atoms with Gasteiger partial charge >= 0.3 is 6.03 Å². The van der Waals surface area contributed by atoms with E-state index in [0.717, 1.165) is 22.1 Å². The maximum Gasteiger partial charge on any atom is 0.322 e. The van der Waals surface area contributed by atoms with E-state index in [1.165, 1.54) is 12.1 Å². The van der Waals surface area contributed by atoms with Crippen molar-refractivity contribution in [1.29, 1.82) is 0 Å². The number of nitrogens with one attached hydrogen (secondary N) is 1. The highest BCUT2D eigenvalue weighted by Gasteiger charge is 2.47. The predicted octanol–water partition coefficient (Wildman–Crippen LogP) is 3.99. The maximum absolute atomic E-state index is 13.1. The summed E-state index contributed by atoms with van der Waals surface area (Å²) in [6.07, 6.45) is 0.822. The Morgan fingerprint density at radius 1 is 1.30 bits per heavy atom. The van der Waals surface area contributed by atoms with Crippen LogP contribution in [-0.2, 0) is 0 Å². The lowest BCUT2D eigenvalue weighted by atomic mass is 9.82. The number of fused-ring (bicyclic) bond motifs is 3. The standard InChI is InChI=1S/C20H21BrFN3O2/c1-24-17-7-2-12(21)10-16(17)19-15(18(24)11-26)8-9-25(19)20(27)23-14-5-3-13(22)4-6-14/h2-7,10,15,18-19,26H,8-9,11H2,1H3,(H,23,27)/t15-,18+,19-/m0/s1. The lowest BCUT2D eigenvalue weighted by molar-refractivity contribution is 0.168.